The Bertz CT molecular complexity index is 772. The van der Waals surface area contributed by atoms with Crippen LogP contribution in [0, 0.1) is 6.92 Å². The van der Waals surface area contributed by atoms with Gasteiger partial charge in [-0.3, -0.25) is 4.68 Å². The molecule has 3 rings (SSSR count). The Labute approximate surface area is 135 Å². The molecule has 0 amide bonds. The molecule has 0 fully saturated rings. The third kappa shape index (κ3) is 3.32. The van der Waals surface area contributed by atoms with Gasteiger partial charge in [0.2, 0.25) is 0 Å². The molecular weight excluding hydrogens is 294 g/mol. The molecule has 1 aromatic heterocycles. The minimum absolute atomic E-state index is 0.799. The standard InChI is InChI=1S/C18H20ClN3/c1-13-9-14(11-15(19)10-13)12-20-8-7-17-16-5-3-4-6-18(16)22(2)21-17/h3-6,9-11,20H,7-8,12H2,1-2H3. The van der Waals surface area contributed by atoms with E-state index in [1.54, 1.807) is 0 Å². The zero-order valence-electron chi connectivity index (χ0n) is 12.9. The number of aromatic nitrogens is 2. The first-order valence-electron chi connectivity index (χ1n) is 7.51. The molecule has 0 saturated carbocycles. The molecule has 0 aliphatic rings. The second kappa shape index (κ2) is 6.51. The van der Waals surface area contributed by atoms with Crippen LogP contribution in [0.3, 0.4) is 0 Å². The van der Waals surface area contributed by atoms with Gasteiger partial charge in [-0.25, -0.2) is 0 Å². The van der Waals surface area contributed by atoms with E-state index in [1.807, 2.05) is 29.9 Å². The number of benzene rings is 2. The van der Waals surface area contributed by atoms with Crippen LogP contribution < -0.4 is 5.32 Å². The molecule has 0 saturated heterocycles. The molecule has 0 aliphatic heterocycles. The maximum atomic E-state index is 6.09. The van der Waals surface area contributed by atoms with E-state index >= 15 is 0 Å². The van der Waals surface area contributed by atoms with Gasteiger partial charge in [0.15, 0.2) is 0 Å². The lowest BCUT2D eigenvalue weighted by Gasteiger charge is -2.06. The van der Waals surface area contributed by atoms with E-state index < -0.39 is 0 Å². The van der Waals surface area contributed by atoms with Crippen LogP contribution in [-0.2, 0) is 20.0 Å². The van der Waals surface area contributed by atoms with Gasteiger partial charge in [-0.05, 0) is 36.2 Å². The lowest BCUT2D eigenvalue weighted by Crippen LogP contribution is -2.17. The summed E-state index contributed by atoms with van der Waals surface area (Å²) in [4.78, 5) is 0. The van der Waals surface area contributed by atoms with E-state index in [1.165, 1.54) is 22.0 Å². The monoisotopic (exact) mass is 313 g/mol. The van der Waals surface area contributed by atoms with Crippen molar-refractivity contribution in [2.75, 3.05) is 6.54 Å². The summed E-state index contributed by atoms with van der Waals surface area (Å²) in [5.41, 5.74) is 4.74. The summed E-state index contributed by atoms with van der Waals surface area (Å²) in [6.07, 6.45) is 0.918. The van der Waals surface area contributed by atoms with Gasteiger partial charge >= 0.3 is 0 Å². The van der Waals surface area contributed by atoms with E-state index in [-0.39, 0.29) is 0 Å². The predicted octanol–water partition coefficient (Wildman–Crippen LogP) is 3.87. The Hall–Kier alpha value is -1.84. The average molecular weight is 314 g/mol. The van der Waals surface area contributed by atoms with Gasteiger partial charge in [-0.2, -0.15) is 5.10 Å². The van der Waals surface area contributed by atoms with Crippen LogP contribution in [0.2, 0.25) is 5.02 Å². The average Bonchev–Trinajstić information content (AvgIpc) is 2.80. The van der Waals surface area contributed by atoms with Gasteiger partial charge in [0.25, 0.3) is 0 Å². The highest BCUT2D eigenvalue weighted by molar-refractivity contribution is 6.30. The van der Waals surface area contributed by atoms with Crippen LogP contribution in [0.4, 0.5) is 0 Å². The van der Waals surface area contributed by atoms with E-state index in [4.69, 9.17) is 11.6 Å². The van der Waals surface area contributed by atoms with E-state index in [0.29, 0.717) is 0 Å². The molecule has 0 atom stereocenters. The smallest absolute Gasteiger partial charge is 0.0715 e. The second-order valence-corrected chi connectivity index (χ2v) is 6.09. The van der Waals surface area contributed by atoms with E-state index in [9.17, 15) is 0 Å². The predicted molar refractivity (Wildman–Crippen MR) is 92.3 cm³/mol. The molecule has 22 heavy (non-hydrogen) atoms. The zero-order chi connectivity index (χ0) is 15.5. The summed E-state index contributed by atoms with van der Waals surface area (Å²) in [5.74, 6) is 0. The molecule has 3 nitrogen and oxygen atoms in total. The number of halogens is 1. The quantitative estimate of drug-likeness (QED) is 0.725. The summed E-state index contributed by atoms with van der Waals surface area (Å²) in [6, 6.07) is 14.5. The summed E-state index contributed by atoms with van der Waals surface area (Å²) >= 11 is 6.09. The van der Waals surface area contributed by atoms with Crippen molar-refractivity contribution in [2.24, 2.45) is 7.05 Å². The minimum atomic E-state index is 0.799. The van der Waals surface area contributed by atoms with Crippen LogP contribution >= 0.6 is 11.6 Å². The maximum Gasteiger partial charge on any atom is 0.0715 e. The highest BCUT2D eigenvalue weighted by Gasteiger charge is 2.07. The molecule has 2 aromatic carbocycles. The molecule has 114 valence electrons. The third-order valence-corrected chi connectivity index (χ3v) is 4.02. The van der Waals surface area contributed by atoms with Gasteiger partial charge in [0.05, 0.1) is 11.2 Å². The number of hydrogen-bond donors (Lipinski definition) is 1. The summed E-state index contributed by atoms with van der Waals surface area (Å²) in [6.45, 7) is 3.79. The lowest BCUT2D eigenvalue weighted by atomic mass is 10.1. The Morgan fingerprint density at radius 3 is 2.82 bits per heavy atom. The fourth-order valence-electron chi connectivity index (χ4n) is 2.83. The number of fused-ring (bicyclic) bond motifs is 1. The Morgan fingerprint density at radius 2 is 2.00 bits per heavy atom. The normalized spacial score (nSPS) is 11.2. The van der Waals surface area contributed by atoms with E-state index in [0.717, 1.165) is 30.2 Å². The first-order valence-corrected chi connectivity index (χ1v) is 7.88. The number of para-hydroxylation sites is 1. The topological polar surface area (TPSA) is 29.9 Å². The van der Waals surface area contributed by atoms with Crippen molar-refractivity contribution in [1.82, 2.24) is 15.1 Å². The van der Waals surface area contributed by atoms with Crippen LogP contribution in [0.25, 0.3) is 10.9 Å². The molecule has 0 aliphatic carbocycles. The summed E-state index contributed by atoms with van der Waals surface area (Å²) in [7, 11) is 1.99. The molecule has 1 N–H and O–H groups in total. The Balaban J connectivity index is 1.61. The van der Waals surface area contributed by atoms with Crippen LogP contribution in [-0.4, -0.2) is 16.3 Å². The van der Waals surface area contributed by atoms with Crippen molar-refractivity contribution in [1.29, 1.82) is 0 Å². The minimum Gasteiger partial charge on any atom is -0.312 e. The molecule has 0 unspecified atom stereocenters. The first-order chi connectivity index (χ1) is 10.6. The number of aryl methyl sites for hydroxylation is 2. The van der Waals surface area contributed by atoms with Crippen LogP contribution in [0.15, 0.2) is 42.5 Å². The maximum absolute atomic E-state index is 6.09. The fraction of sp³-hybridized carbons (Fsp3) is 0.278. The molecule has 0 radical (unpaired) electrons. The van der Waals surface area contributed by atoms with Gasteiger partial charge in [0.1, 0.15) is 0 Å². The molecule has 0 spiro atoms. The van der Waals surface area contributed by atoms with Crippen LogP contribution in [0.5, 0.6) is 0 Å². The first kappa shape index (κ1) is 15.1. The van der Waals surface area contributed by atoms with Crippen molar-refractivity contribution in [3.05, 3.63) is 64.3 Å². The fourth-order valence-corrected chi connectivity index (χ4v) is 3.14. The van der Waals surface area contributed by atoms with Gasteiger partial charge < -0.3 is 5.32 Å². The van der Waals surface area contributed by atoms with Crippen molar-refractivity contribution >= 4 is 22.5 Å². The molecule has 0 bridgehead atoms. The number of rotatable bonds is 5. The Morgan fingerprint density at radius 1 is 1.18 bits per heavy atom. The summed E-state index contributed by atoms with van der Waals surface area (Å²) in [5, 5.41) is 10.1. The highest BCUT2D eigenvalue weighted by Crippen LogP contribution is 2.18. The lowest BCUT2D eigenvalue weighted by molar-refractivity contribution is 0.669. The van der Waals surface area contributed by atoms with Crippen molar-refractivity contribution in [3.8, 4) is 0 Å². The van der Waals surface area contributed by atoms with Gasteiger partial charge in [-0.1, -0.05) is 35.9 Å². The molecule has 4 heteroatoms. The number of hydrogen-bond acceptors (Lipinski definition) is 2. The number of nitrogens with one attached hydrogen (secondary N) is 1. The van der Waals surface area contributed by atoms with Crippen molar-refractivity contribution in [3.63, 3.8) is 0 Å². The summed E-state index contributed by atoms with van der Waals surface area (Å²) < 4.78 is 1.95. The van der Waals surface area contributed by atoms with Crippen molar-refractivity contribution in [2.45, 2.75) is 19.9 Å². The third-order valence-electron chi connectivity index (χ3n) is 3.80. The second-order valence-electron chi connectivity index (χ2n) is 5.65. The van der Waals surface area contributed by atoms with Crippen LogP contribution in [0.1, 0.15) is 16.8 Å². The molecule has 1 heterocycles. The largest absolute Gasteiger partial charge is 0.312 e. The molecular formula is C18H20ClN3. The zero-order valence-corrected chi connectivity index (χ0v) is 13.7. The van der Waals surface area contributed by atoms with Gasteiger partial charge in [-0.15, -0.1) is 0 Å². The van der Waals surface area contributed by atoms with E-state index in [2.05, 4.69) is 41.6 Å². The SMILES string of the molecule is Cc1cc(Cl)cc(CNCCc2nn(C)c3ccccc23)c1. The molecule has 3 aromatic rings. The number of nitrogens with zero attached hydrogens (tertiary/aromatic N) is 2. The highest BCUT2D eigenvalue weighted by atomic mass is 35.5. The Kier molecular flexibility index (Phi) is 4.46. The van der Waals surface area contributed by atoms with Gasteiger partial charge in [0, 0.05) is 37.0 Å². The van der Waals surface area contributed by atoms with Crippen molar-refractivity contribution < 1.29 is 0 Å².